The molecule has 6 heteroatoms. The number of amides is 1. The first kappa shape index (κ1) is 19.3. The lowest BCUT2D eigenvalue weighted by molar-refractivity contribution is 0.0949. The molecule has 0 radical (unpaired) electrons. The first-order chi connectivity index (χ1) is 14.2. The summed E-state index contributed by atoms with van der Waals surface area (Å²) >= 11 is 0. The molecule has 1 fully saturated rings. The maximum absolute atomic E-state index is 12.7. The van der Waals surface area contributed by atoms with Crippen LogP contribution in [-0.2, 0) is 13.1 Å². The smallest absolute Gasteiger partial charge is 0.251 e. The van der Waals surface area contributed by atoms with Crippen LogP contribution in [0.2, 0.25) is 0 Å². The van der Waals surface area contributed by atoms with E-state index in [2.05, 4.69) is 21.8 Å². The van der Waals surface area contributed by atoms with Gasteiger partial charge in [-0.3, -0.25) is 4.79 Å². The van der Waals surface area contributed by atoms with E-state index in [1.807, 2.05) is 30.3 Å². The number of rotatable bonds is 7. The van der Waals surface area contributed by atoms with Crippen molar-refractivity contribution in [3.8, 4) is 11.5 Å². The molecular weight excluding hydrogens is 366 g/mol. The van der Waals surface area contributed by atoms with Crippen LogP contribution >= 0.6 is 0 Å². The van der Waals surface area contributed by atoms with Gasteiger partial charge in [-0.15, -0.1) is 0 Å². The molecule has 0 atom stereocenters. The lowest BCUT2D eigenvalue weighted by Gasteiger charge is -2.16. The van der Waals surface area contributed by atoms with Gasteiger partial charge in [0, 0.05) is 12.1 Å². The number of aryl methyl sites for hydroxylation is 1. The van der Waals surface area contributed by atoms with Gasteiger partial charge in [0.15, 0.2) is 11.5 Å². The number of hydrogen-bond donors (Lipinski definition) is 1. The van der Waals surface area contributed by atoms with E-state index in [4.69, 9.17) is 9.47 Å². The maximum Gasteiger partial charge on any atom is 0.251 e. The minimum Gasteiger partial charge on any atom is -0.493 e. The summed E-state index contributed by atoms with van der Waals surface area (Å²) in [5, 5.41) is 2.98. The predicted molar refractivity (Wildman–Crippen MR) is 112 cm³/mol. The minimum atomic E-state index is -0.162. The van der Waals surface area contributed by atoms with E-state index in [1.165, 1.54) is 12.8 Å². The Kier molecular flexibility index (Phi) is 5.69. The van der Waals surface area contributed by atoms with Gasteiger partial charge >= 0.3 is 0 Å². The largest absolute Gasteiger partial charge is 0.493 e. The summed E-state index contributed by atoms with van der Waals surface area (Å²) < 4.78 is 13.6. The third-order valence-corrected chi connectivity index (χ3v) is 5.48. The topological polar surface area (TPSA) is 65.4 Å². The first-order valence-corrected chi connectivity index (χ1v) is 10.3. The van der Waals surface area contributed by atoms with E-state index in [0.717, 1.165) is 36.2 Å². The molecular formula is C23H27N3O3. The molecule has 6 nitrogen and oxygen atoms in total. The molecule has 1 saturated carbocycles. The van der Waals surface area contributed by atoms with Gasteiger partial charge in [0.05, 0.1) is 30.8 Å². The monoisotopic (exact) mass is 393 g/mol. The zero-order valence-electron chi connectivity index (χ0n) is 17.0. The standard InChI is InChI=1S/C23H27N3O3/c1-3-26-19-11-7-6-10-18(19)25-22(26)15-24-23(27)16-12-13-20(21(14-16)28-2)29-17-8-4-5-9-17/h6-7,10-14,17H,3-5,8-9,15H2,1-2H3,(H,24,27). The van der Waals surface area contributed by atoms with Gasteiger partial charge in [-0.25, -0.2) is 4.98 Å². The number of methoxy groups -OCH3 is 1. The zero-order chi connectivity index (χ0) is 20.2. The molecule has 0 bridgehead atoms. The number of aromatic nitrogens is 2. The average molecular weight is 393 g/mol. The third-order valence-electron chi connectivity index (χ3n) is 5.48. The third kappa shape index (κ3) is 4.06. The van der Waals surface area contributed by atoms with Crippen molar-refractivity contribution in [2.75, 3.05) is 7.11 Å². The summed E-state index contributed by atoms with van der Waals surface area (Å²) in [5.41, 5.74) is 2.56. The molecule has 0 aliphatic heterocycles. The molecule has 1 amide bonds. The molecule has 1 heterocycles. The van der Waals surface area contributed by atoms with Gasteiger partial charge in [0.25, 0.3) is 5.91 Å². The first-order valence-electron chi connectivity index (χ1n) is 10.3. The fraction of sp³-hybridized carbons (Fsp3) is 0.391. The van der Waals surface area contributed by atoms with Gasteiger partial charge in [-0.2, -0.15) is 0 Å². The summed E-state index contributed by atoms with van der Waals surface area (Å²) in [4.78, 5) is 17.4. The second kappa shape index (κ2) is 8.55. The normalized spacial score (nSPS) is 14.3. The number of benzene rings is 2. The van der Waals surface area contributed by atoms with Crippen molar-refractivity contribution in [1.29, 1.82) is 0 Å². The Labute approximate surface area is 170 Å². The number of carbonyl (C=O) groups excluding carboxylic acids is 1. The molecule has 1 aliphatic carbocycles. The molecule has 0 spiro atoms. The second-order valence-electron chi connectivity index (χ2n) is 7.33. The number of para-hydroxylation sites is 2. The van der Waals surface area contributed by atoms with Gasteiger partial charge in [0.2, 0.25) is 0 Å². The molecule has 1 aliphatic rings. The second-order valence-corrected chi connectivity index (χ2v) is 7.33. The SMILES string of the molecule is CCn1c(CNC(=O)c2ccc(OC3CCCC3)c(OC)c2)nc2ccccc21. The van der Waals surface area contributed by atoms with Crippen LogP contribution in [-0.4, -0.2) is 28.7 Å². The zero-order valence-corrected chi connectivity index (χ0v) is 17.0. The number of nitrogens with one attached hydrogen (secondary N) is 1. The van der Waals surface area contributed by atoms with Crippen molar-refractivity contribution in [3.63, 3.8) is 0 Å². The Hall–Kier alpha value is -3.02. The van der Waals surface area contributed by atoms with Gasteiger partial charge < -0.3 is 19.4 Å². The van der Waals surface area contributed by atoms with Crippen molar-refractivity contribution < 1.29 is 14.3 Å². The Bertz CT molecular complexity index is 1010. The highest BCUT2D eigenvalue weighted by molar-refractivity contribution is 5.94. The number of fused-ring (bicyclic) bond motifs is 1. The maximum atomic E-state index is 12.7. The Morgan fingerprint density at radius 3 is 2.72 bits per heavy atom. The van der Waals surface area contributed by atoms with Crippen molar-refractivity contribution in [1.82, 2.24) is 14.9 Å². The fourth-order valence-corrected chi connectivity index (χ4v) is 3.97. The number of ether oxygens (including phenoxy) is 2. The van der Waals surface area contributed by atoms with Crippen LogP contribution in [0.15, 0.2) is 42.5 Å². The minimum absolute atomic E-state index is 0.162. The highest BCUT2D eigenvalue weighted by Gasteiger charge is 2.19. The summed E-state index contributed by atoms with van der Waals surface area (Å²) in [7, 11) is 1.60. The molecule has 0 saturated heterocycles. The number of hydrogen-bond acceptors (Lipinski definition) is 4. The highest BCUT2D eigenvalue weighted by atomic mass is 16.5. The van der Waals surface area contributed by atoms with Crippen LogP contribution in [0.25, 0.3) is 11.0 Å². The van der Waals surface area contributed by atoms with Crippen LogP contribution in [0.4, 0.5) is 0 Å². The molecule has 2 aromatic carbocycles. The van der Waals surface area contributed by atoms with Crippen LogP contribution < -0.4 is 14.8 Å². The van der Waals surface area contributed by atoms with Crippen molar-refractivity contribution >= 4 is 16.9 Å². The lowest BCUT2D eigenvalue weighted by Crippen LogP contribution is -2.24. The van der Waals surface area contributed by atoms with Gasteiger partial charge in [-0.1, -0.05) is 12.1 Å². The van der Waals surface area contributed by atoms with Crippen LogP contribution in [0.3, 0.4) is 0 Å². The van der Waals surface area contributed by atoms with E-state index in [1.54, 1.807) is 19.2 Å². The molecule has 3 aromatic rings. The Morgan fingerprint density at radius 2 is 1.97 bits per heavy atom. The van der Waals surface area contributed by atoms with E-state index in [9.17, 15) is 4.79 Å². The lowest BCUT2D eigenvalue weighted by atomic mass is 10.2. The van der Waals surface area contributed by atoms with E-state index < -0.39 is 0 Å². The molecule has 4 rings (SSSR count). The summed E-state index contributed by atoms with van der Waals surface area (Å²) in [6.07, 6.45) is 4.80. The Balaban J connectivity index is 1.47. The quantitative estimate of drug-likeness (QED) is 0.649. The van der Waals surface area contributed by atoms with Crippen molar-refractivity contribution in [3.05, 3.63) is 53.9 Å². The van der Waals surface area contributed by atoms with E-state index >= 15 is 0 Å². The van der Waals surface area contributed by atoms with Crippen molar-refractivity contribution in [2.45, 2.75) is 51.8 Å². The molecule has 0 unspecified atom stereocenters. The van der Waals surface area contributed by atoms with E-state index in [-0.39, 0.29) is 12.0 Å². The van der Waals surface area contributed by atoms with Gasteiger partial charge in [-0.05, 0) is 62.9 Å². The van der Waals surface area contributed by atoms with Crippen LogP contribution in [0.5, 0.6) is 11.5 Å². The highest BCUT2D eigenvalue weighted by Crippen LogP contribution is 2.32. The molecule has 152 valence electrons. The summed E-state index contributed by atoms with van der Waals surface area (Å²) in [5.74, 6) is 1.97. The summed E-state index contributed by atoms with van der Waals surface area (Å²) in [6.45, 7) is 3.24. The number of nitrogens with zero attached hydrogens (tertiary/aromatic N) is 2. The summed E-state index contributed by atoms with van der Waals surface area (Å²) in [6, 6.07) is 13.4. The average Bonchev–Trinajstić information content (AvgIpc) is 3.39. The number of carbonyl (C=O) groups is 1. The van der Waals surface area contributed by atoms with E-state index in [0.29, 0.717) is 23.6 Å². The fourth-order valence-electron chi connectivity index (χ4n) is 3.97. The molecule has 1 N–H and O–H groups in total. The van der Waals surface area contributed by atoms with Crippen molar-refractivity contribution in [2.24, 2.45) is 0 Å². The molecule has 1 aromatic heterocycles. The molecule has 29 heavy (non-hydrogen) atoms. The van der Waals surface area contributed by atoms with Gasteiger partial charge in [0.1, 0.15) is 5.82 Å². The van der Waals surface area contributed by atoms with Crippen LogP contribution in [0.1, 0.15) is 48.8 Å². The number of imidazole rings is 1. The Morgan fingerprint density at radius 1 is 1.17 bits per heavy atom. The predicted octanol–water partition coefficient (Wildman–Crippen LogP) is 4.32. The van der Waals surface area contributed by atoms with Crippen LogP contribution in [0, 0.1) is 0 Å².